The van der Waals surface area contributed by atoms with Crippen molar-refractivity contribution in [1.29, 1.82) is 0 Å². The van der Waals surface area contributed by atoms with E-state index in [1.54, 1.807) is 6.07 Å². The Kier molecular flexibility index (Phi) is 9.00. The van der Waals surface area contributed by atoms with Gasteiger partial charge in [-0.15, -0.1) is 0 Å². The monoisotopic (exact) mass is 362 g/mol. The van der Waals surface area contributed by atoms with Crippen molar-refractivity contribution in [2.75, 3.05) is 0 Å². The fourth-order valence-electron chi connectivity index (χ4n) is 3.33. The van der Waals surface area contributed by atoms with Gasteiger partial charge in [-0.2, -0.15) is 0 Å². The lowest BCUT2D eigenvalue weighted by Gasteiger charge is -2.22. The average Bonchev–Trinajstić information content (AvgIpc) is 2.54. The van der Waals surface area contributed by atoms with Gasteiger partial charge in [-0.3, -0.25) is 0 Å². The van der Waals surface area contributed by atoms with Gasteiger partial charge in [-0.25, -0.2) is 0 Å². The van der Waals surface area contributed by atoms with Crippen molar-refractivity contribution in [1.82, 2.24) is 0 Å². The molecule has 2 heteroatoms. The van der Waals surface area contributed by atoms with Crippen LogP contribution in [0.5, 0.6) is 11.5 Å². The summed E-state index contributed by atoms with van der Waals surface area (Å²) < 4.78 is 0. The number of phenolic OH excluding ortho intramolecular Hbond substituents is 2. The summed E-state index contributed by atoms with van der Waals surface area (Å²) in [6.45, 7) is 13.8. The van der Waals surface area contributed by atoms with Crippen LogP contribution in [0, 0.1) is 10.8 Å². The van der Waals surface area contributed by atoms with Gasteiger partial charge in [-0.05, 0) is 66.5 Å². The lowest BCUT2D eigenvalue weighted by Crippen LogP contribution is -2.08. The number of phenols is 2. The summed E-state index contributed by atoms with van der Waals surface area (Å²) in [6, 6.07) is 3.84. The Labute approximate surface area is 162 Å². The van der Waals surface area contributed by atoms with Crippen LogP contribution in [-0.2, 0) is 12.8 Å². The van der Waals surface area contributed by atoms with Crippen LogP contribution in [0.4, 0.5) is 0 Å². The molecule has 0 amide bonds. The van der Waals surface area contributed by atoms with Crippen LogP contribution < -0.4 is 0 Å². The van der Waals surface area contributed by atoms with Gasteiger partial charge in [0.2, 0.25) is 0 Å². The zero-order valence-electron chi connectivity index (χ0n) is 18.1. The first kappa shape index (κ1) is 22.9. The molecule has 26 heavy (non-hydrogen) atoms. The molecule has 0 radical (unpaired) electrons. The van der Waals surface area contributed by atoms with E-state index in [2.05, 4.69) is 47.6 Å². The van der Waals surface area contributed by atoms with Crippen LogP contribution in [-0.4, -0.2) is 10.2 Å². The molecule has 1 aromatic rings. The van der Waals surface area contributed by atoms with Gasteiger partial charge in [0, 0.05) is 0 Å². The van der Waals surface area contributed by atoms with E-state index in [0.717, 1.165) is 36.8 Å². The molecule has 1 rings (SSSR count). The van der Waals surface area contributed by atoms with Crippen molar-refractivity contribution < 1.29 is 10.2 Å². The highest BCUT2D eigenvalue weighted by molar-refractivity contribution is 5.47. The Morgan fingerprint density at radius 1 is 0.769 bits per heavy atom. The molecule has 150 valence electrons. The fraction of sp³-hybridized carbons (Fsp3) is 0.750. The molecule has 1 aromatic carbocycles. The predicted octanol–water partition coefficient (Wildman–Crippen LogP) is 7.40. The molecule has 0 heterocycles. The molecule has 0 bridgehead atoms. The van der Waals surface area contributed by atoms with Crippen molar-refractivity contribution in [2.45, 2.75) is 106 Å². The molecule has 0 saturated heterocycles. The molecule has 0 aliphatic heterocycles. The van der Waals surface area contributed by atoms with Crippen molar-refractivity contribution >= 4 is 0 Å². The first-order chi connectivity index (χ1) is 12.0. The van der Waals surface area contributed by atoms with E-state index in [-0.39, 0.29) is 11.5 Å². The summed E-state index contributed by atoms with van der Waals surface area (Å²) in [5.74, 6) is 0.123. The van der Waals surface area contributed by atoms with Gasteiger partial charge in [0.25, 0.3) is 0 Å². The van der Waals surface area contributed by atoms with E-state index in [4.69, 9.17) is 0 Å². The maximum absolute atomic E-state index is 10.2. The second-order valence-electron chi connectivity index (χ2n) is 9.97. The van der Waals surface area contributed by atoms with E-state index in [0.29, 0.717) is 10.8 Å². The van der Waals surface area contributed by atoms with E-state index < -0.39 is 0 Å². The Balaban J connectivity index is 2.48. The zero-order chi connectivity index (χ0) is 19.8. The highest BCUT2D eigenvalue weighted by atomic mass is 16.3. The number of hydrogen-bond acceptors (Lipinski definition) is 2. The molecule has 0 saturated carbocycles. The van der Waals surface area contributed by atoms with Crippen LogP contribution in [0.1, 0.15) is 104 Å². The number of aromatic hydroxyl groups is 2. The normalized spacial score (nSPS) is 12.5. The number of hydrogen-bond donors (Lipinski definition) is 2. The van der Waals surface area contributed by atoms with E-state index >= 15 is 0 Å². The highest BCUT2D eigenvalue weighted by Gasteiger charge is 2.14. The quantitative estimate of drug-likeness (QED) is 0.318. The molecular weight excluding hydrogens is 320 g/mol. The first-order valence-electron chi connectivity index (χ1n) is 10.6. The second kappa shape index (κ2) is 10.2. The predicted molar refractivity (Wildman–Crippen MR) is 113 cm³/mol. The minimum atomic E-state index is 0.0421. The summed E-state index contributed by atoms with van der Waals surface area (Å²) >= 11 is 0. The molecule has 0 aliphatic carbocycles. The third-order valence-electron chi connectivity index (χ3n) is 5.63. The van der Waals surface area contributed by atoms with Crippen LogP contribution in [0.2, 0.25) is 0 Å². The summed E-state index contributed by atoms with van der Waals surface area (Å²) in [6.07, 6.45) is 11.3. The molecule has 2 nitrogen and oxygen atoms in total. The molecule has 0 atom stereocenters. The standard InChI is InChI=1S/C24H42O2/c1-7-24(5,6)16-11-8-9-14-20-17-19(18-21(25)22(20)26)13-10-12-15-23(2,3)4/h17-18,25-26H,7-16H2,1-6H3. The molecule has 0 unspecified atom stereocenters. The Hall–Kier alpha value is -1.18. The lowest BCUT2D eigenvalue weighted by atomic mass is 9.84. The fourth-order valence-corrected chi connectivity index (χ4v) is 3.33. The minimum Gasteiger partial charge on any atom is -0.504 e. The van der Waals surface area contributed by atoms with Gasteiger partial charge in [0.15, 0.2) is 11.5 Å². The van der Waals surface area contributed by atoms with Crippen LogP contribution in [0.25, 0.3) is 0 Å². The summed E-state index contributed by atoms with van der Waals surface area (Å²) in [4.78, 5) is 0. The van der Waals surface area contributed by atoms with Gasteiger partial charge in [0.05, 0.1) is 0 Å². The number of unbranched alkanes of at least 4 members (excludes halogenated alkanes) is 3. The highest BCUT2D eigenvalue weighted by Crippen LogP contribution is 2.33. The van der Waals surface area contributed by atoms with Crippen molar-refractivity contribution in [3.63, 3.8) is 0 Å². The third kappa shape index (κ3) is 8.96. The summed E-state index contributed by atoms with van der Waals surface area (Å²) in [5.41, 5.74) is 2.88. The Morgan fingerprint density at radius 2 is 1.38 bits per heavy atom. The number of rotatable bonds is 11. The topological polar surface area (TPSA) is 40.5 Å². The van der Waals surface area contributed by atoms with E-state index in [1.807, 2.05) is 0 Å². The van der Waals surface area contributed by atoms with Gasteiger partial charge in [-0.1, -0.05) is 73.3 Å². The first-order valence-corrected chi connectivity index (χ1v) is 10.6. The maximum Gasteiger partial charge on any atom is 0.160 e. The zero-order valence-corrected chi connectivity index (χ0v) is 18.1. The average molecular weight is 363 g/mol. The molecule has 2 N–H and O–H groups in total. The third-order valence-corrected chi connectivity index (χ3v) is 5.63. The maximum atomic E-state index is 10.2. The van der Waals surface area contributed by atoms with Gasteiger partial charge < -0.3 is 10.2 Å². The molecule has 0 aromatic heterocycles. The lowest BCUT2D eigenvalue weighted by molar-refractivity contribution is 0.308. The van der Waals surface area contributed by atoms with Crippen molar-refractivity contribution in [2.24, 2.45) is 10.8 Å². The minimum absolute atomic E-state index is 0.0421. The van der Waals surface area contributed by atoms with Crippen LogP contribution in [0.3, 0.4) is 0 Å². The van der Waals surface area contributed by atoms with Crippen molar-refractivity contribution in [3.05, 3.63) is 23.3 Å². The van der Waals surface area contributed by atoms with Gasteiger partial charge >= 0.3 is 0 Å². The summed E-state index contributed by atoms with van der Waals surface area (Å²) in [5, 5.41) is 20.2. The van der Waals surface area contributed by atoms with E-state index in [9.17, 15) is 10.2 Å². The second-order valence-corrected chi connectivity index (χ2v) is 9.97. The molecule has 0 fully saturated rings. The number of aryl methyl sites for hydroxylation is 2. The molecular formula is C24H42O2. The SMILES string of the molecule is CCC(C)(C)CCCCCc1cc(CCCCC(C)(C)C)cc(O)c1O. The van der Waals surface area contributed by atoms with Crippen molar-refractivity contribution in [3.8, 4) is 11.5 Å². The van der Waals surface area contributed by atoms with E-state index in [1.165, 1.54) is 38.5 Å². The Morgan fingerprint density at radius 3 is 2.00 bits per heavy atom. The molecule has 0 spiro atoms. The van der Waals surface area contributed by atoms with Crippen LogP contribution >= 0.6 is 0 Å². The van der Waals surface area contributed by atoms with Crippen LogP contribution in [0.15, 0.2) is 12.1 Å². The molecule has 0 aliphatic rings. The summed E-state index contributed by atoms with van der Waals surface area (Å²) in [7, 11) is 0. The number of benzene rings is 1. The largest absolute Gasteiger partial charge is 0.504 e. The Bertz CT molecular complexity index is 538. The smallest absolute Gasteiger partial charge is 0.160 e. The van der Waals surface area contributed by atoms with Gasteiger partial charge in [0.1, 0.15) is 0 Å².